The Morgan fingerprint density at radius 3 is 2.14 bits per heavy atom. The molecule has 0 aliphatic carbocycles. The van der Waals surface area contributed by atoms with Crippen LogP contribution < -0.4 is 5.32 Å². The number of nitrogens with one attached hydrogen (secondary N) is 1. The highest BCUT2D eigenvalue weighted by molar-refractivity contribution is 5.08. The van der Waals surface area contributed by atoms with Gasteiger partial charge in [-0.15, -0.1) is 0 Å². The molecule has 0 spiro atoms. The summed E-state index contributed by atoms with van der Waals surface area (Å²) in [6.45, 7) is 5.51. The topological polar surface area (TPSA) is 29.9 Å². The average Bonchev–Trinajstić information content (AvgIpc) is 2.97. The Morgan fingerprint density at radius 2 is 1.57 bits per heavy atom. The molecule has 3 nitrogen and oxygen atoms in total. The number of aromatic nitrogens is 2. The first-order valence-corrected chi connectivity index (χ1v) is 8.97. The maximum atomic E-state index is 4.44. The summed E-state index contributed by atoms with van der Waals surface area (Å²) in [5, 5.41) is 7.69. The molecule has 1 rings (SSSR count). The Morgan fingerprint density at radius 1 is 1.00 bits per heavy atom. The highest BCUT2D eigenvalue weighted by Crippen LogP contribution is 2.12. The molecule has 0 amide bonds. The first kappa shape index (κ1) is 18.2. The second-order valence-electron chi connectivity index (χ2n) is 6.23. The van der Waals surface area contributed by atoms with Crippen molar-refractivity contribution in [1.82, 2.24) is 15.1 Å². The fourth-order valence-corrected chi connectivity index (χ4v) is 2.65. The zero-order valence-corrected chi connectivity index (χ0v) is 14.4. The van der Waals surface area contributed by atoms with Crippen molar-refractivity contribution in [3.63, 3.8) is 0 Å². The van der Waals surface area contributed by atoms with Crippen molar-refractivity contribution in [1.29, 1.82) is 0 Å². The van der Waals surface area contributed by atoms with Gasteiger partial charge in [0.05, 0.1) is 6.20 Å². The lowest BCUT2D eigenvalue weighted by Gasteiger charge is -2.06. The van der Waals surface area contributed by atoms with Crippen molar-refractivity contribution in [2.24, 2.45) is 0 Å². The summed E-state index contributed by atoms with van der Waals surface area (Å²) in [5.41, 5.74) is 1.28. The van der Waals surface area contributed by atoms with Crippen LogP contribution in [0.2, 0.25) is 0 Å². The molecular weight excluding hydrogens is 258 g/mol. The van der Waals surface area contributed by atoms with E-state index in [4.69, 9.17) is 0 Å². The number of nitrogens with zero attached hydrogens (tertiary/aromatic N) is 2. The quantitative estimate of drug-likeness (QED) is 0.514. The van der Waals surface area contributed by atoms with E-state index in [2.05, 4.69) is 35.1 Å². The maximum Gasteiger partial charge on any atom is 0.0537 e. The Kier molecular flexibility index (Phi) is 10.2. The summed E-state index contributed by atoms with van der Waals surface area (Å²) < 4.78 is 2.09. The average molecular weight is 293 g/mol. The molecule has 0 bridgehead atoms. The molecule has 21 heavy (non-hydrogen) atoms. The lowest BCUT2D eigenvalue weighted by Crippen LogP contribution is -2.11. The first-order chi connectivity index (χ1) is 10.3. The number of rotatable bonds is 13. The predicted octanol–water partition coefficient (Wildman–Crippen LogP) is 5.08. The smallest absolute Gasteiger partial charge is 0.0537 e. The largest absolute Gasteiger partial charge is 0.313 e. The summed E-state index contributed by atoms with van der Waals surface area (Å²) in [6, 6.07) is 0.395. The fraction of sp³-hybridized carbons (Fsp3) is 0.833. The molecule has 0 saturated heterocycles. The summed E-state index contributed by atoms with van der Waals surface area (Å²) in [6.07, 6.45) is 18.0. The van der Waals surface area contributed by atoms with Crippen molar-refractivity contribution < 1.29 is 0 Å². The normalized spacial score (nSPS) is 12.7. The van der Waals surface area contributed by atoms with Gasteiger partial charge >= 0.3 is 0 Å². The van der Waals surface area contributed by atoms with Crippen molar-refractivity contribution in [3.05, 3.63) is 18.0 Å². The van der Waals surface area contributed by atoms with Crippen LogP contribution in [0.5, 0.6) is 0 Å². The minimum atomic E-state index is 0.395. The van der Waals surface area contributed by atoms with Crippen LogP contribution in [-0.4, -0.2) is 16.8 Å². The van der Waals surface area contributed by atoms with Crippen LogP contribution in [0.3, 0.4) is 0 Å². The molecule has 0 saturated carbocycles. The van der Waals surface area contributed by atoms with E-state index in [0.29, 0.717) is 6.04 Å². The van der Waals surface area contributed by atoms with Gasteiger partial charge in [0, 0.05) is 24.3 Å². The van der Waals surface area contributed by atoms with Crippen molar-refractivity contribution in [2.45, 2.75) is 90.6 Å². The van der Waals surface area contributed by atoms with Gasteiger partial charge in [-0.1, -0.05) is 64.7 Å². The SMILES string of the molecule is CCCCCCCCCCCCn1cc(C(C)NC)cn1. The summed E-state index contributed by atoms with van der Waals surface area (Å²) in [5.74, 6) is 0. The van der Waals surface area contributed by atoms with Gasteiger partial charge in [0.25, 0.3) is 0 Å². The molecule has 0 radical (unpaired) electrons. The number of aryl methyl sites for hydroxylation is 1. The van der Waals surface area contributed by atoms with Crippen molar-refractivity contribution in [2.75, 3.05) is 7.05 Å². The van der Waals surface area contributed by atoms with Gasteiger partial charge in [-0.25, -0.2) is 0 Å². The molecule has 3 heteroatoms. The van der Waals surface area contributed by atoms with E-state index in [0.717, 1.165) is 6.54 Å². The zero-order chi connectivity index (χ0) is 15.3. The Bertz CT molecular complexity index is 346. The van der Waals surface area contributed by atoms with E-state index < -0.39 is 0 Å². The van der Waals surface area contributed by atoms with Crippen LogP contribution in [-0.2, 0) is 6.54 Å². The molecule has 1 heterocycles. The van der Waals surface area contributed by atoms with E-state index >= 15 is 0 Å². The molecule has 0 fully saturated rings. The lowest BCUT2D eigenvalue weighted by atomic mass is 10.1. The highest BCUT2D eigenvalue weighted by atomic mass is 15.3. The third-order valence-corrected chi connectivity index (χ3v) is 4.33. The summed E-state index contributed by atoms with van der Waals surface area (Å²) in [4.78, 5) is 0. The van der Waals surface area contributed by atoms with Gasteiger partial charge in [-0.05, 0) is 20.4 Å². The van der Waals surface area contributed by atoms with Crippen molar-refractivity contribution >= 4 is 0 Å². The molecule has 1 N–H and O–H groups in total. The molecule has 122 valence electrons. The highest BCUT2D eigenvalue weighted by Gasteiger charge is 2.04. The summed E-state index contributed by atoms with van der Waals surface area (Å²) >= 11 is 0. The minimum absolute atomic E-state index is 0.395. The van der Waals surface area contributed by atoms with Crippen molar-refractivity contribution in [3.8, 4) is 0 Å². The van der Waals surface area contributed by atoms with Gasteiger partial charge in [0.1, 0.15) is 0 Å². The van der Waals surface area contributed by atoms with Gasteiger partial charge < -0.3 is 5.32 Å². The van der Waals surface area contributed by atoms with Gasteiger partial charge in [0.2, 0.25) is 0 Å². The Hall–Kier alpha value is -0.830. The molecular formula is C18H35N3. The van der Waals surface area contributed by atoms with Gasteiger partial charge in [-0.2, -0.15) is 5.10 Å². The molecule has 1 unspecified atom stereocenters. The zero-order valence-electron chi connectivity index (χ0n) is 14.4. The third-order valence-electron chi connectivity index (χ3n) is 4.33. The van der Waals surface area contributed by atoms with E-state index in [1.807, 2.05) is 13.2 Å². The van der Waals surface area contributed by atoms with Crippen LogP contribution in [0.25, 0.3) is 0 Å². The Balaban J connectivity index is 1.95. The summed E-state index contributed by atoms with van der Waals surface area (Å²) in [7, 11) is 1.99. The van der Waals surface area contributed by atoms with Crippen LogP contribution in [0, 0.1) is 0 Å². The predicted molar refractivity (Wildman–Crippen MR) is 91.5 cm³/mol. The molecule has 1 atom stereocenters. The van der Waals surface area contributed by atoms with Crippen LogP contribution in [0.15, 0.2) is 12.4 Å². The van der Waals surface area contributed by atoms with E-state index in [1.165, 1.54) is 69.8 Å². The van der Waals surface area contributed by atoms with Crippen LogP contribution in [0.1, 0.15) is 89.7 Å². The van der Waals surface area contributed by atoms with Gasteiger partial charge in [0.15, 0.2) is 0 Å². The monoisotopic (exact) mass is 293 g/mol. The lowest BCUT2D eigenvalue weighted by molar-refractivity contribution is 0.515. The second-order valence-corrected chi connectivity index (χ2v) is 6.23. The molecule has 0 aromatic carbocycles. The molecule has 0 aliphatic rings. The Labute approximate surface area is 131 Å². The van der Waals surface area contributed by atoms with E-state index in [1.54, 1.807) is 0 Å². The first-order valence-electron chi connectivity index (χ1n) is 8.97. The third kappa shape index (κ3) is 8.25. The minimum Gasteiger partial charge on any atom is -0.313 e. The molecule has 1 aromatic rings. The molecule has 1 aromatic heterocycles. The number of hydrogen-bond acceptors (Lipinski definition) is 2. The van der Waals surface area contributed by atoms with E-state index in [9.17, 15) is 0 Å². The van der Waals surface area contributed by atoms with Crippen LogP contribution in [0.4, 0.5) is 0 Å². The maximum absolute atomic E-state index is 4.44. The number of hydrogen-bond donors (Lipinski definition) is 1. The number of unbranched alkanes of at least 4 members (excludes halogenated alkanes) is 9. The second kappa shape index (κ2) is 11.8. The standard InChI is InChI=1S/C18H35N3/c1-4-5-6-7-8-9-10-11-12-13-14-21-16-18(15-20-21)17(2)19-3/h15-17,19H,4-14H2,1-3H3. The molecule has 0 aliphatic heterocycles. The van der Waals surface area contributed by atoms with Gasteiger partial charge in [-0.3, -0.25) is 4.68 Å². The fourth-order valence-electron chi connectivity index (χ4n) is 2.65. The van der Waals surface area contributed by atoms with E-state index in [-0.39, 0.29) is 0 Å². The van der Waals surface area contributed by atoms with Crippen LogP contribution >= 0.6 is 0 Å².